The number of hydrogen-bond donors (Lipinski definition) is 1. The van der Waals surface area contributed by atoms with Crippen LogP contribution in [0.4, 0.5) is 0 Å². The molecule has 1 unspecified atom stereocenters. The molecule has 2 saturated carbocycles. The number of carbonyl (C=O) groups is 3. The van der Waals surface area contributed by atoms with Gasteiger partial charge in [-0.2, -0.15) is 0 Å². The third-order valence-corrected chi connectivity index (χ3v) is 11.9. The van der Waals surface area contributed by atoms with E-state index >= 15 is 4.79 Å². The van der Waals surface area contributed by atoms with Crippen molar-refractivity contribution in [1.29, 1.82) is 0 Å². The lowest BCUT2D eigenvalue weighted by atomic mass is 9.53. The number of allylic oxidation sites excluding steroid dienone is 4. The molecule has 0 spiro atoms. The number of rotatable bonds is 0. The number of carbonyl (C=O) groups excluding carboxylic acids is 3. The molecular formula is C34H41NO4. The fraction of sp³-hybridized carbons (Fsp3) is 0.618. The summed E-state index contributed by atoms with van der Waals surface area (Å²) in [5, 5.41) is 2.55. The van der Waals surface area contributed by atoms with Crippen molar-refractivity contribution >= 4 is 17.6 Å². The van der Waals surface area contributed by atoms with Gasteiger partial charge in [0.1, 0.15) is 17.8 Å². The molecule has 0 radical (unpaired) electrons. The molecule has 3 aliphatic heterocycles. The lowest BCUT2D eigenvalue weighted by Crippen LogP contribution is -2.52. The second kappa shape index (κ2) is 8.41. The first-order valence-corrected chi connectivity index (χ1v) is 15.1. The SMILES string of the molecule is CC1=CC2(C)C(=C(C)[C@H]3[C@H]4C[C@@H](C)C[C@@H](C)[C@@H]4[C@@H]4Oc5ccc(cc5)C[C@@H]5C(=O)NC(=O)[C@H]5C(=O)[C@@H]2[C@H]43)[C@H]1C. The summed E-state index contributed by atoms with van der Waals surface area (Å²) in [6.45, 7) is 13.8. The van der Waals surface area contributed by atoms with Gasteiger partial charge >= 0.3 is 0 Å². The van der Waals surface area contributed by atoms with E-state index in [9.17, 15) is 9.59 Å². The third kappa shape index (κ3) is 3.34. The number of imide groups is 1. The van der Waals surface area contributed by atoms with Crippen molar-refractivity contribution < 1.29 is 19.1 Å². The molecule has 8 rings (SSSR count). The van der Waals surface area contributed by atoms with Crippen molar-refractivity contribution in [2.24, 2.45) is 64.6 Å². The van der Waals surface area contributed by atoms with Crippen LogP contribution in [0.5, 0.6) is 5.75 Å². The highest BCUT2D eigenvalue weighted by Crippen LogP contribution is 2.67. The summed E-state index contributed by atoms with van der Waals surface area (Å²) >= 11 is 0. The molecule has 5 heteroatoms. The van der Waals surface area contributed by atoms with Gasteiger partial charge in [0.2, 0.25) is 11.8 Å². The molecule has 12 atom stereocenters. The maximum atomic E-state index is 15.0. The Hall–Kier alpha value is -2.69. The molecule has 1 aromatic rings. The van der Waals surface area contributed by atoms with E-state index in [1.165, 1.54) is 23.1 Å². The Labute approximate surface area is 231 Å². The molecule has 4 aliphatic carbocycles. The second-order valence-electron chi connectivity index (χ2n) is 14.1. The standard InChI is InChI=1S/C34H41NO4/c1-15-11-16(2)24-22(12-15)25-19(5)28-18(4)17(3)14-34(28,6)29-27(25)31(24)39-21-9-7-20(8-10-21)13-23-26(30(29)36)33(38)35-32(23)37/h7-10,14-16,18,22-27,29,31H,11-13H2,1-6H3,(H,35,37,38)/t15-,16+,18-,22-,23-,24-,25-,26+,27+,29-,31-,34?/m0/s1. The Morgan fingerprint density at radius 1 is 0.949 bits per heavy atom. The van der Waals surface area contributed by atoms with Gasteiger partial charge in [-0.05, 0) is 80.4 Å². The highest BCUT2D eigenvalue weighted by atomic mass is 16.5. The number of ketones is 1. The van der Waals surface area contributed by atoms with Crippen molar-refractivity contribution in [3.63, 3.8) is 0 Å². The Balaban J connectivity index is 1.49. The summed E-state index contributed by atoms with van der Waals surface area (Å²) in [6, 6.07) is 8.05. The maximum absolute atomic E-state index is 15.0. The topological polar surface area (TPSA) is 72.5 Å². The summed E-state index contributed by atoms with van der Waals surface area (Å²) in [4.78, 5) is 41.5. The monoisotopic (exact) mass is 527 g/mol. The van der Waals surface area contributed by atoms with Crippen LogP contribution < -0.4 is 10.1 Å². The van der Waals surface area contributed by atoms with E-state index in [0.717, 1.165) is 17.7 Å². The molecule has 1 aromatic carbocycles. The number of hydrogen-bond acceptors (Lipinski definition) is 4. The zero-order valence-electron chi connectivity index (χ0n) is 24.0. The van der Waals surface area contributed by atoms with Gasteiger partial charge in [-0.1, -0.05) is 62.6 Å². The Morgan fingerprint density at radius 3 is 2.38 bits per heavy atom. The first kappa shape index (κ1) is 25.3. The fourth-order valence-corrected chi connectivity index (χ4v) is 10.7. The Kier molecular flexibility index (Phi) is 5.45. The minimum atomic E-state index is -0.956. The molecule has 2 bridgehead atoms. The van der Waals surface area contributed by atoms with Gasteiger partial charge < -0.3 is 4.74 Å². The van der Waals surface area contributed by atoms with Crippen LogP contribution in [0.2, 0.25) is 0 Å². The van der Waals surface area contributed by atoms with E-state index < -0.39 is 29.1 Å². The van der Waals surface area contributed by atoms with Gasteiger partial charge in [0, 0.05) is 23.2 Å². The van der Waals surface area contributed by atoms with Crippen molar-refractivity contribution in [3.8, 4) is 5.75 Å². The van der Waals surface area contributed by atoms with Crippen molar-refractivity contribution in [2.45, 2.75) is 66.9 Å². The minimum absolute atomic E-state index is 0.0356. The summed E-state index contributed by atoms with van der Waals surface area (Å²) in [5.74, 6) is 0.416. The van der Waals surface area contributed by atoms with Gasteiger partial charge in [0.25, 0.3) is 0 Å². The zero-order chi connectivity index (χ0) is 27.5. The van der Waals surface area contributed by atoms with Crippen LogP contribution in [0, 0.1) is 64.6 Å². The number of Topliss-reactive ketones (excluding diaryl/α,β-unsaturated/α-hetero) is 1. The van der Waals surface area contributed by atoms with E-state index in [1.54, 1.807) is 0 Å². The van der Waals surface area contributed by atoms with Crippen molar-refractivity contribution in [1.82, 2.24) is 5.32 Å². The zero-order valence-corrected chi connectivity index (χ0v) is 24.0. The Morgan fingerprint density at radius 2 is 1.67 bits per heavy atom. The quantitative estimate of drug-likeness (QED) is 0.273. The van der Waals surface area contributed by atoms with Crippen LogP contribution in [-0.2, 0) is 20.8 Å². The molecule has 3 heterocycles. The second-order valence-corrected chi connectivity index (χ2v) is 14.1. The van der Waals surface area contributed by atoms with Crippen molar-refractivity contribution in [2.75, 3.05) is 0 Å². The highest BCUT2D eigenvalue weighted by Gasteiger charge is 2.67. The summed E-state index contributed by atoms with van der Waals surface area (Å²) < 4.78 is 7.02. The maximum Gasteiger partial charge on any atom is 0.237 e. The largest absolute Gasteiger partial charge is 0.490 e. The Bertz CT molecular complexity index is 1340. The molecule has 3 fully saturated rings. The molecule has 39 heavy (non-hydrogen) atoms. The summed E-state index contributed by atoms with van der Waals surface area (Å²) in [5.41, 5.74) is 4.58. The van der Waals surface area contributed by atoms with Crippen LogP contribution >= 0.6 is 0 Å². The summed E-state index contributed by atoms with van der Waals surface area (Å²) in [7, 11) is 0. The fourth-order valence-electron chi connectivity index (χ4n) is 10.7. The molecule has 5 nitrogen and oxygen atoms in total. The van der Waals surface area contributed by atoms with Gasteiger partial charge in [-0.25, -0.2) is 0 Å². The van der Waals surface area contributed by atoms with Crippen LogP contribution in [0.25, 0.3) is 0 Å². The molecule has 206 valence electrons. The normalized spacial score (nSPS) is 46.4. The predicted molar refractivity (Wildman–Crippen MR) is 148 cm³/mol. The van der Waals surface area contributed by atoms with Gasteiger partial charge in [-0.15, -0.1) is 0 Å². The van der Waals surface area contributed by atoms with Crippen LogP contribution in [-0.4, -0.2) is 23.7 Å². The van der Waals surface area contributed by atoms with E-state index in [-0.39, 0.29) is 35.5 Å². The average Bonchev–Trinajstić information content (AvgIpc) is 3.40. The number of ether oxygens (including phenoxy) is 1. The molecule has 2 amide bonds. The molecule has 7 aliphatic rings. The van der Waals surface area contributed by atoms with Crippen LogP contribution in [0.1, 0.15) is 59.9 Å². The molecule has 1 N–H and O–H groups in total. The van der Waals surface area contributed by atoms with E-state index in [4.69, 9.17) is 4.74 Å². The van der Waals surface area contributed by atoms with E-state index in [0.29, 0.717) is 30.1 Å². The molecule has 1 saturated heterocycles. The third-order valence-electron chi connectivity index (χ3n) is 11.9. The first-order valence-electron chi connectivity index (χ1n) is 15.1. The van der Waals surface area contributed by atoms with Crippen molar-refractivity contribution in [3.05, 3.63) is 52.6 Å². The molecular weight excluding hydrogens is 486 g/mol. The lowest BCUT2D eigenvalue weighted by Gasteiger charge is -2.49. The first-order chi connectivity index (χ1) is 18.5. The molecule has 0 aromatic heterocycles. The summed E-state index contributed by atoms with van der Waals surface area (Å²) in [6.07, 6.45) is 4.90. The lowest BCUT2D eigenvalue weighted by molar-refractivity contribution is -0.141. The number of amides is 2. The van der Waals surface area contributed by atoms with Gasteiger partial charge in [0.15, 0.2) is 5.78 Å². The number of fused-ring (bicyclic) bond motifs is 5. The van der Waals surface area contributed by atoms with E-state index in [1.807, 2.05) is 24.3 Å². The highest BCUT2D eigenvalue weighted by molar-refractivity contribution is 6.16. The number of benzene rings is 1. The van der Waals surface area contributed by atoms with Crippen LogP contribution in [0.3, 0.4) is 0 Å². The average molecular weight is 528 g/mol. The smallest absolute Gasteiger partial charge is 0.237 e. The van der Waals surface area contributed by atoms with Gasteiger partial charge in [0.05, 0.1) is 5.92 Å². The van der Waals surface area contributed by atoms with Crippen LogP contribution in [0.15, 0.2) is 47.1 Å². The minimum Gasteiger partial charge on any atom is -0.490 e. The van der Waals surface area contributed by atoms with Gasteiger partial charge in [-0.3, -0.25) is 19.7 Å². The number of nitrogens with one attached hydrogen (secondary N) is 1. The van der Waals surface area contributed by atoms with E-state index in [2.05, 4.69) is 52.9 Å². The predicted octanol–water partition coefficient (Wildman–Crippen LogP) is 5.54.